The topological polar surface area (TPSA) is 36.4 Å². The van der Waals surface area contributed by atoms with Crippen LogP contribution in [0.2, 0.25) is 0 Å². The van der Waals surface area contributed by atoms with Crippen molar-refractivity contribution in [2.45, 2.75) is 51.5 Å². The first-order chi connectivity index (χ1) is 8.38. The number of nitrogens with zero attached hydrogens (tertiary/aromatic N) is 1. The third kappa shape index (κ3) is 6.07. The molecule has 2 aliphatic rings. The van der Waals surface area contributed by atoms with Crippen molar-refractivity contribution in [3.63, 3.8) is 0 Å². The zero-order valence-electron chi connectivity index (χ0n) is 11.3. The Bertz CT molecular complexity index is 277. The average Bonchev–Trinajstić information content (AvgIpc) is 3.01. The highest BCUT2D eigenvalue weighted by atomic mass is 127. The van der Waals surface area contributed by atoms with Crippen LogP contribution in [0.3, 0.4) is 0 Å². The Balaban J connectivity index is 0.00000162. The molecule has 0 bridgehead atoms. The zero-order chi connectivity index (χ0) is 11.9. The molecule has 0 aromatic rings. The van der Waals surface area contributed by atoms with E-state index in [1.807, 2.05) is 0 Å². The second-order valence-electron chi connectivity index (χ2n) is 5.13. The van der Waals surface area contributed by atoms with E-state index in [0.29, 0.717) is 6.04 Å². The van der Waals surface area contributed by atoms with E-state index in [1.165, 1.54) is 25.7 Å². The van der Waals surface area contributed by atoms with Gasteiger partial charge in [0.2, 0.25) is 0 Å². The van der Waals surface area contributed by atoms with E-state index in [2.05, 4.69) is 34.7 Å². The smallest absolute Gasteiger partial charge is 0.191 e. The van der Waals surface area contributed by atoms with Crippen LogP contribution in [0.15, 0.2) is 17.1 Å². The minimum Gasteiger partial charge on any atom is -0.357 e. The Labute approximate surface area is 128 Å². The maximum Gasteiger partial charge on any atom is 0.191 e. The molecule has 0 spiro atoms. The van der Waals surface area contributed by atoms with E-state index < -0.39 is 0 Å². The van der Waals surface area contributed by atoms with Gasteiger partial charge in [-0.3, -0.25) is 4.99 Å². The summed E-state index contributed by atoms with van der Waals surface area (Å²) in [5.41, 5.74) is 0. The van der Waals surface area contributed by atoms with Crippen molar-refractivity contribution in [2.24, 2.45) is 10.9 Å². The minimum atomic E-state index is 0. The highest BCUT2D eigenvalue weighted by Crippen LogP contribution is 2.33. The van der Waals surface area contributed by atoms with Gasteiger partial charge in [-0.05, 0) is 38.5 Å². The SMILES string of the molecule is CCNC(=NCCCC1CC1)NC1CC=CC1.I. The first-order valence-electron chi connectivity index (χ1n) is 7.08. The van der Waals surface area contributed by atoms with Gasteiger partial charge in [-0.2, -0.15) is 0 Å². The van der Waals surface area contributed by atoms with Gasteiger partial charge in [0.05, 0.1) is 0 Å². The zero-order valence-corrected chi connectivity index (χ0v) is 13.7. The maximum absolute atomic E-state index is 4.64. The van der Waals surface area contributed by atoms with E-state index in [9.17, 15) is 0 Å². The third-order valence-electron chi connectivity index (χ3n) is 3.43. The normalized spacial score (nSPS) is 19.7. The monoisotopic (exact) mass is 363 g/mol. The van der Waals surface area contributed by atoms with Gasteiger partial charge in [0.15, 0.2) is 5.96 Å². The van der Waals surface area contributed by atoms with Crippen molar-refractivity contribution >= 4 is 29.9 Å². The van der Waals surface area contributed by atoms with Gasteiger partial charge in [0, 0.05) is 19.1 Å². The standard InChI is InChI=1S/C14H25N3.HI/c1-2-15-14(17-13-7-3-4-8-13)16-11-5-6-12-9-10-12;/h3-4,12-13H,2,5-11H2,1H3,(H2,15,16,17);1H. The van der Waals surface area contributed by atoms with Crippen LogP contribution in [-0.4, -0.2) is 25.1 Å². The van der Waals surface area contributed by atoms with Crippen molar-refractivity contribution in [3.05, 3.63) is 12.2 Å². The molecule has 104 valence electrons. The van der Waals surface area contributed by atoms with Gasteiger partial charge in [-0.1, -0.05) is 25.0 Å². The summed E-state index contributed by atoms with van der Waals surface area (Å²) in [6, 6.07) is 0.552. The van der Waals surface area contributed by atoms with Crippen LogP contribution in [0, 0.1) is 5.92 Å². The third-order valence-corrected chi connectivity index (χ3v) is 3.43. The molecular weight excluding hydrogens is 337 g/mol. The van der Waals surface area contributed by atoms with Crippen molar-refractivity contribution < 1.29 is 0 Å². The summed E-state index contributed by atoms with van der Waals surface area (Å²) >= 11 is 0. The molecule has 1 saturated carbocycles. The number of hydrogen-bond acceptors (Lipinski definition) is 1. The van der Waals surface area contributed by atoms with Crippen molar-refractivity contribution in [2.75, 3.05) is 13.1 Å². The number of nitrogens with one attached hydrogen (secondary N) is 2. The average molecular weight is 363 g/mol. The lowest BCUT2D eigenvalue weighted by atomic mass is 10.2. The molecule has 0 radical (unpaired) electrons. The maximum atomic E-state index is 4.64. The van der Waals surface area contributed by atoms with Crippen LogP contribution in [-0.2, 0) is 0 Å². The van der Waals surface area contributed by atoms with E-state index in [1.54, 1.807) is 0 Å². The van der Waals surface area contributed by atoms with E-state index in [4.69, 9.17) is 0 Å². The number of hydrogen-bond donors (Lipinski definition) is 2. The highest BCUT2D eigenvalue weighted by molar-refractivity contribution is 14.0. The van der Waals surface area contributed by atoms with Gasteiger partial charge < -0.3 is 10.6 Å². The Hall–Kier alpha value is -0.260. The van der Waals surface area contributed by atoms with Crippen LogP contribution in [0.1, 0.15) is 45.4 Å². The lowest BCUT2D eigenvalue weighted by Gasteiger charge is -2.16. The van der Waals surface area contributed by atoms with Crippen molar-refractivity contribution in [1.82, 2.24) is 10.6 Å². The molecule has 18 heavy (non-hydrogen) atoms. The molecule has 2 rings (SSSR count). The van der Waals surface area contributed by atoms with Crippen LogP contribution in [0.5, 0.6) is 0 Å². The molecular formula is C14H26IN3. The second-order valence-corrected chi connectivity index (χ2v) is 5.13. The molecule has 1 fully saturated rings. The number of guanidine groups is 1. The van der Waals surface area contributed by atoms with Crippen LogP contribution in [0.25, 0.3) is 0 Å². The summed E-state index contributed by atoms with van der Waals surface area (Å²) in [5.74, 6) is 2.02. The molecule has 3 nitrogen and oxygen atoms in total. The fraction of sp³-hybridized carbons (Fsp3) is 0.786. The predicted molar refractivity (Wildman–Crippen MR) is 88.6 cm³/mol. The highest BCUT2D eigenvalue weighted by Gasteiger charge is 2.20. The van der Waals surface area contributed by atoms with Gasteiger partial charge in [-0.15, -0.1) is 24.0 Å². The molecule has 0 amide bonds. The lowest BCUT2D eigenvalue weighted by Crippen LogP contribution is -2.42. The molecule has 0 aromatic heterocycles. The summed E-state index contributed by atoms with van der Waals surface area (Å²) in [4.78, 5) is 4.64. The largest absolute Gasteiger partial charge is 0.357 e. The molecule has 2 N–H and O–H groups in total. The van der Waals surface area contributed by atoms with Gasteiger partial charge in [-0.25, -0.2) is 0 Å². The molecule has 2 aliphatic carbocycles. The van der Waals surface area contributed by atoms with Gasteiger partial charge in [0.25, 0.3) is 0 Å². The molecule has 0 aliphatic heterocycles. The van der Waals surface area contributed by atoms with E-state index in [0.717, 1.165) is 37.8 Å². The van der Waals surface area contributed by atoms with Crippen LogP contribution >= 0.6 is 24.0 Å². The summed E-state index contributed by atoms with van der Waals surface area (Å²) < 4.78 is 0. The first kappa shape index (κ1) is 15.8. The summed E-state index contributed by atoms with van der Waals surface area (Å²) in [6.45, 7) is 4.02. The minimum absolute atomic E-state index is 0. The molecule has 0 aromatic carbocycles. The molecule has 0 saturated heterocycles. The predicted octanol–water partition coefficient (Wildman–Crippen LogP) is 3.07. The second kappa shape index (κ2) is 8.77. The fourth-order valence-electron chi connectivity index (χ4n) is 2.23. The summed E-state index contributed by atoms with van der Waals surface area (Å²) in [6.07, 6.45) is 12.3. The molecule has 0 heterocycles. The number of halogens is 1. The van der Waals surface area contributed by atoms with Crippen molar-refractivity contribution in [1.29, 1.82) is 0 Å². The van der Waals surface area contributed by atoms with Gasteiger partial charge >= 0.3 is 0 Å². The van der Waals surface area contributed by atoms with Crippen LogP contribution < -0.4 is 10.6 Å². The molecule has 0 unspecified atom stereocenters. The van der Waals surface area contributed by atoms with E-state index >= 15 is 0 Å². The van der Waals surface area contributed by atoms with Crippen LogP contribution in [0.4, 0.5) is 0 Å². The Kier molecular flexibility index (Phi) is 7.70. The molecule has 0 atom stereocenters. The first-order valence-corrected chi connectivity index (χ1v) is 7.08. The summed E-state index contributed by atoms with van der Waals surface area (Å²) in [5, 5.41) is 6.82. The molecule has 4 heteroatoms. The Morgan fingerprint density at radius 1 is 1.28 bits per heavy atom. The fourth-order valence-corrected chi connectivity index (χ4v) is 2.23. The van der Waals surface area contributed by atoms with Gasteiger partial charge in [0.1, 0.15) is 0 Å². The Morgan fingerprint density at radius 2 is 2.00 bits per heavy atom. The summed E-state index contributed by atoms with van der Waals surface area (Å²) in [7, 11) is 0. The Morgan fingerprint density at radius 3 is 2.61 bits per heavy atom. The lowest BCUT2D eigenvalue weighted by molar-refractivity contribution is 0.626. The van der Waals surface area contributed by atoms with Crippen molar-refractivity contribution in [3.8, 4) is 0 Å². The van der Waals surface area contributed by atoms with E-state index in [-0.39, 0.29) is 24.0 Å². The quantitative estimate of drug-likeness (QED) is 0.250. The number of aliphatic imine (C=N–C) groups is 1. The number of rotatable bonds is 6.